The standard InChI is InChI=1S/C20H21N3O/c1-13-4-8-16(9-5-13)12-18(24)21-20-19(15(3)22-23-20)17-10-6-14(2)7-11-17/h4-11H,12H2,1-3H3,(H2,21,22,23,24). The summed E-state index contributed by atoms with van der Waals surface area (Å²) >= 11 is 0. The van der Waals surface area contributed by atoms with Gasteiger partial charge in [0.25, 0.3) is 0 Å². The Morgan fingerprint density at radius 3 is 2.17 bits per heavy atom. The van der Waals surface area contributed by atoms with Crippen molar-refractivity contribution >= 4 is 11.7 Å². The Hall–Kier alpha value is -2.88. The van der Waals surface area contributed by atoms with Gasteiger partial charge >= 0.3 is 0 Å². The Labute approximate surface area is 141 Å². The molecule has 122 valence electrons. The molecule has 0 atom stereocenters. The van der Waals surface area contributed by atoms with E-state index in [1.54, 1.807) is 0 Å². The molecule has 0 bridgehead atoms. The van der Waals surface area contributed by atoms with Gasteiger partial charge in [-0.3, -0.25) is 9.89 Å². The summed E-state index contributed by atoms with van der Waals surface area (Å²) in [6.07, 6.45) is 0.333. The average molecular weight is 319 g/mol. The van der Waals surface area contributed by atoms with Gasteiger partial charge in [-0.25, -0.2) is 0 Å². The fraction of sp³-hybridized carbons (Fsp3) is 0.200. The molecule has 0 unspecified atom stereocenters. The number of nitrogens with zero attached hydrogens (tertiary/aromatic N) is 1. The summed E-state index contributed by atoms with van der Waals surface area (Å²) < 4.78 is 0. The third-order valence-corrected chi connectivity index (χ3v) is 4.03. The maximum Gasteiger partial charge on any atom is 0.230 e. The maximum atomic E-state index is 12.3. The predicted molar refractivity (Wildman–Crippen MR) is 97.0 cm³/mol. The van der Waals surface area contributed by atoms with Crippen LogP contribution in [-0.2, 0) is 11.2 Å². The predicted octanol–water partition coefficient (Wildman–Crippen LogP) is 4.18. The number of amides is 1. The molecular formula is C20H21N3O. The normalized spacial score (nSPS) is 10.6. The third-order valence-electron chi connectivity index (χ3n) is 4.03. The van der Waals surface area contributed by atoms with Crippen LogP contribution in [0.25, 0.3) is 11.1 Å². The summed E-state index contributed by atoms with van der Waals surface area (Å²) in [6, 6.07) is 16.2. The summed E-state index contributed by atoms with van der Waals surface area (Å²) in [5.74, 6) is 0.507. The number of carbonyl (C=O) groups excluding carboxylic acids is 1. The zero-order valence-corrected chi connectivity index (χ0v) is 14.2. The van der Waals surface area contributed by atoms with Gasteiger partial charge in [-0.1, -0.05) is 59.7 Å². The highest BCUT2D eigenvalue weighted by molar-refractivity contribution is 5.95. The fourth-order valence-electron chi connectivity index (χ4n) is 2.66. The quantitative estimate of drug-likeness (QED) is 0.758. The summed E-state index contributed by atoms with van der Waals surface area (Å²) in [7, 11) is 0. The summed E-state index contributed by atoms with van der Waals surface area (Å²) in [6.45, 7) is 6.04. The van der Waals surface area contributed by atoms with Gasteiger partial charge in [0.05, 0.1) is 6.42 Å². The molecule has 2 aromatic carbocycles. The Bertz CT molecular complexity index is 846. The van der Waals surface area contributed by atoms with Gasteiger partial charge in [-0.05, 0) is 31.9 Å². The van der Waals surface area contributed by atoms with Crippen LogP contribution in [0.2, 0.25) is 0 Å². The highest BCUT2D eigenvalue weighted by Gasteiger charge is 2.15. The van der Waals surface area contributed by atoms with Crippen molar-refractivity contribution in [2.75, 3.05) is 5.32 Å². The summed E-state index contributed by atoms with van der Waals surface area (Å²) in [5.41, 5.74) is 6.28. The van der Waals surface area contributed by atoms with E-state index in [9.17, 15) is 4.79 Å². The van der Waals surface area contributed by atoms with Crippen molar-refractivity contribution in [2.45, 2.75) is 27.2 Å². The Kier molecular flexibility index (Phi) is 4.47. The number of hydrogen-bond donors (Lipinski definition) is 2. The number of aromatic nitrogens is 2. The van der Waals surface area contributed by atoms with Crippen LogP contribution in [0.3, 0.4) is 0 Å². The molecular weight excluding hydrogens is 298 g/mol. The molecule has 24 heavy (non-hydrogen) atoms. The Morgan fingerprint density at radius 1 is 0.958 bits per heavy atom. The first-order chi connectivity index (χ1) is 11.5. The topological polar surface area (TPSA) is 57.8 Å². The van der Waals surface area contributed by atoms with E-state index < -0.39 is 0 Å². The van der Waals surface area contributed by atoms with Gasteiger partial charge in [0.2, 0.25) is 5.91 Å². The number of nitrogens with one attached hydrogen (secondary N) is 2. The van der Waals surface area contributed by atoms with E-state index in [0.29, 0.717) is 12.2 Å². The first-order valence-electron chi connectivity index (χ1n) is 8.00. The zero-order chi connectivity index (χ0) is 17.1. The second-order valence-corrected chi connectivity index (χ2v) is 6.15. The number of H-pyrrole nitrogens is 1. The molecule has 0 saturated heterocycles. The SMILES string of the molecule is Cc1ccc(CC(=O)Nc2n[nH]c(C)c2-c2ccc(C)cc2)cc1. The van der Waals surface area contributed by atoms with Gasteiger partial charge in [0, 0.05) is 11.3 Å². The van der Waals surface area contributed by atoms with E-state index in [-0.39, 0.29) is 5.91 Å². The molecule has 0 radical (unpaired) electrons. The molecule has 0 spiro atoms. The van der Waals surface area contributed by atoms with Crippen molar-refractivity contribution in [3.8, 4) is 11.1 Å². The number of rotatable bonds is 4. The summed E-state index contributed by atoms with van der Waals surface area (Å²) in [5, 5.41) is 10.1. The van der Waals surface area contributed by atoms with Crippen LogP contribution >= 0.6 is 0 Å². The molecule has 1 heterocycles. The van der Waals surface area contributed by atoms with Crippen LogP contribution in [0, 0.1) is 20.8 Å². The smallest absolute Gasteiger partial charge is 0.230 e. The van der Waals surface area contributed by atoms with Crippen LogP contribution in [-0.4, -0.2) is 16.1 Å². The molecule has 0 fully saturated rings. The zero-order valence-electron chi connectivity index (χ0n) is 14.2. The fourth-order valence-corrected chi connectivity index (χ4v) is 2.66. The lowest BCUT2D eigenvalue weighted by Crippen LogP contribution is -2.15. The van der Waals surface area contributed by atoms with Crippen molar-refractivity contribution < 1.29 is 4.79 Å². The molecule has 0 aliphatic heterocycles. The highest BCUT2D eigenvalue weighted by atomic mass is 16.1. The van der Waals surface area contributed by atoms with Gasteiger partial charge in [-0.15, -0.1) is 0 Å². The van der Waals surface area contributed by atoms with Crippen LogP contribution in [0.15, 0.2) is 48.5 Å². The van der Waals surface area contributed by atoms with Crippen LogP contribution < -0.4 is 5.32 Å². The molecule has 0 aliphatic rings. The molecule has 4 heteroatoms. The van der Waals surface area contributed by atoms with Gasteiger partial charge in [-0.2, -0.15) is 5.10 Å². The van der Waals surface area contributed by atoms with E-state index in [2.05, 4.69) is 34.6 Å². The molecule has 1 amide bonds. The second-order valence-electron chi connectivity index (χ2n) is 6.15. The van der Waals surface area contributed by atoms with Crippen molar-refractivity contribution in [1.82, 2.24) is 10.2 Å². The highest BCUT2D eigenvalue weighted by Crippen LogP contribution is 2.29. The number of hydrogen-bond acceptors (Lipinski definition) is 2. The second kappa shape index (κ2) is 6.71. The lowest BCUT2D eigenvalue weighted by atomic mass is 10.0. The van der Waals surface area contributed by atoms with E-state index in [4.69, 9.17) is 0 Å². The van der Waals surface area contributed by atoms with E-state index in [0.717, 1.165) is 22.4 Å². The van der Waals surface area contributed by atoms with Crippen molar-refractivity contribution in [2.24, 2.45) is 0 Å². The van der Waals surface area contributed by atoms with Crippen molar-refractivity contribution in [1.29, 1.82) is 0 Å². The molecule has 3 rings (SSSR count). The van der Waals surface area contributed by atoms with Crippen molar-refractivity contribution in [3.63, 3.8) is 0 Å². The molecule has 2 N–H and O–H groups in total. The van der Waals surface area contributed by atoms with Crippen LogP contribution in [0.4, 0.5) is 5.82 Å². The molecule has 4 nitrogen and oxygen atoms in total. The Balaban J connectivity index is 1.79. The number of anilines is 1. The van der Waals surface area contributed by atoms with E-state index >= 15 is 0 Å². The van der Waals surface area contributed by atoms with Crippen LogP contribution in [0.5, 0.6) is 0 Å². The summed E-state index contributed by atoms with van der Waals surface area (Å²) in [4.78, 5) is 12.3. The lowest BCUT2D eigenvalue weighted by molar-refractivity contribution is -0.115. The minimum absolute atomic E-state index is 0.0706. The van der Waals surface area contributed by atoms with Gasteiger partial charge < -0.3 is 5.32 Å². The number of benzene rings is 2. The molecule has 1 aromatic heterocycles. The maximum absolute atomic E-state index is 12.3. The van der Waals surface area contributed by atoms with E-state index in [1.165, 1.54) is 11.1 Å². The van der Waals surface area contributed by atoms with Gasteiger partial charge in [0.1, 0.15) is 0 Å². The largest absolute Gasteiger partial charge is 0.308 e. The van der Waals surface area contributed by atoms with Crippen LogP contribution in [0.1, 0.15) is 22.4 Å². The lowest BCUT2D eigenvalue weighted by Gasteiger charge is -2.07. The first-order valence-corrected chi connectivity index (χ1v) is 8.00. The Morgan fingerprint density at radius 2 is 1.54 bits per heavy atom. The molecule has 3 aromatic rings. The van der Waals surface area contributed by atoms with Gasteiger partial charge in [0.15, 0.2) is 5.82 Å². The minimum atomic E-state index is -0.0706. The average Bonchev–Trinajstić information content (AvgIpc) is 2.91. The number of aromatic amines is 1. The number of aryl methyl sites for hydroxylation is 3. The third kappa shape index (κ3) is 3.54. The van der Waals surface area contributed by atoms with Crippen molar-refractivity contribution in [3.05, 3.63) is 70.9 Å². The monoisotopic (exact) mass is 319 g/mol. The molecule has 0 aliphatic carbocycles. The molecule has 0 saturated carbocycles. The number of carbonyl (C=O) groups is 1. The van der Waals surface area contributed by atoms with E-state index in [1.807, 2.05) is 50.2 Å². The minimum Gasteiger partial charge on any atom is -0.308 e. The first kappa shape index (κ1) is 16.0.